The zero-order valence-electron chi connectivity index (χ0n) is 16.1. The zero-order valence-corrected chi connectivity index (χ0v) is 16.1. The second-order valence-electron chi connectivity index (χ2n) is 8.30. The number of carbonyl (C=O) groups is 2. The van der Waals surface area contributed by atoms with Crippen LogP contribution in [0.3, 0.4) is 0 Å². The minimum absolute atomic E-state index is 0.0196. The number of hydrogen-bond acceptors (Lipinski definition) is 3. The van der Waals surface area contributed by atoms with Gasteiger partial charge < -0.3 is 14.5 Å². The number of anilines is 1. The molecule has 2 heterocycles. The largest absolute Gasteiger partial charge is 0.363 e. The van der Waals surface area contributed by atoms with Crippen molar-refractivity contribution in [2.24, 2.45) is 5.92 Å². The lowest BCUT2D eigenvalue weighted by Gasteiger charge is -2.42. The van der Waals surface area contributed by atoms with Gasteiger partial charge in [-0.2, -0.15) is 0 Å². The lowest BCUT2D eigenvalue weighted by Crippen LogP contribution is -2.55. The third kappa shape index (κ3) is 4.03. The molecule has 0 bridgehead atoms. The molecule has 2 aliphatic heterocycles. The van der Waals surface area contributed by atoms with Crippen molar-refractivity contribution in [3.63, 3.8) is 0 Å². The van der Waals surface area contributed by atoms with Gasteiger partial charge in [0.1, 0.15) is 6.61 Å². The summed E-state index contributed by atoms with van der Waals surface area (Å²) >= 11 is 0. The van der Waals surface area contributed by atoms with Crippen LogP contribution in [0.25, 0.3) is 0 Å². The van der Waals surface area contributed by atoms with Gasteiger partial charge in [-0.05, 0) is 44.2 Å². The van der Waals surface area contributed by atoms with Crippen LogP contribution in [0.1, 0.15) is 51.4 Å². The van der Waals surface area contributed by atoms with E-state index >= 15 is 0 Å². The van der Waals surface area contributed by atoms with Crippen molar-refractivity contribution < 1.29 is 14.3 Å². The number of para-hydroxylation sites is 1. The fraction of sp³-hybridized carbons (Fsp3) is 0.636. The highest BCUT2D eigenvalue weighted by Crippen LogP contribution is 2.34. The molecule has 1 aromatic carbocycles. The zero-order chi connectivity index (χ0) is 18.7. The molecule has 0 N–H and O–H groups in total. The second-order valence-corrected chi connectivity index (χ2v) is 8.30. The highest BCUT2D eigenvalue weighted by Gasteiger charge is 2.42. The van der Waals surface area contributed by atoms with Crippen molar-refractivity contribution in [2.45, 2.75) is 57.0 Å². The first-order valence-electron chi connectivity index (χ1n) is 10.5. The van der Waals surface area contributed by atoms with Gasteiger partial charge in [-0.1, -0.05) is 37.5 Å². The van der Waals surface area contributed by atoms with E-state index < -0.39 is 0 Å². The first-order chi connectivity index (χ1) is 13.2. The quantitative estimate of drug-likeness (QED) is 0.802. The van der Waals surface area contributed by atoms with Crippen LogP contribution < -0.4 is 4.90 Å². The predicted octanol–water partition coefficient (Wildman–Crippen LogP) is 3.38. The summed E-state index contributed by atoms with van der Waals surface area (Å²) in [7, 11) is 0. The molecule has 3 aliphatic rings. The first kappa shape index (κ1) is 18.5. The molecule has 4 rings (SSSR count). The molecule has 0 radical (unpaired) electrons. The van der Waals surface area contributed by atoms with E-state index in [-0.39, 0.29) is 24.0 Å². The molecule has 5 nitrogen and oxygen atoms in total. The Morgan fingerprint density at radius 2 is 1.78 bits per heavy atom. The van der Waals surface area contributed by atoms with Crippen molar-refractivity contribution >= 4 is 17.5 Å². The third-order valence-electron chi connectivity index (χ3n) is 6.48. The van der Waals surface area contributed by atoms with Crippen LogP contribution in [0.15, 0.2) is 30.3 Å². The summed E-state index contributed by atoms with van der Waals surface area (Å²) < 4.78 is 6.09. The fourth-order valence-corrected chi connectivity index (χ4v) is 4.86. The van der Waals surface area contributed by atoms with Crippen LogP contribution in [-0.4, -0.2) is 48.6 Å². The second kappa shape index (κ2) is 8.01. The molecule has 1 atom stereocenters. The summed E-state index contributed by atoms with van der Waals surface area (Å²) in [4.78, 5) is 29.3. The van der Waals surface area contributed by atoms with Gasteiger partial charge in [0.15, 0.2) is 0 Å². The Bertz CT molecular complexity index is 671. The van der Waals surface area contributed by atoms with Gasteiger partial charge in [-0.25, -0.2) is 0 Å². The van der Waals surface area contributed by atoms with Gasteiger partial charge in [0.2, 0.25) is 5.91 Å². The van der Waals surface area contributed by atoms with Gasteiger partial charge in [0, 0.05) is 24.7 Å². The minimum atomic E-state index is -0.328. The van der Waals surface area contributed by atoms with E-state index in [9.17, 15) is 9.59 Å². The summed E-state index contributed by atoms with van der Waals surface area (Å²) in [6, 6.07) is 9.84. The van der Waals surface area contributed by atoms with Crippen molar-refractivity contribution in [1.29, 1.82) is 0 Å². The van der Waals surface area contributed by atoms with Crippen LogP contribution in [-0.2, 0) is 14.3 Å². The first-order valence-corrected chi connectivity index (χ1v) is 10.5. The van der Waals surface area contributed by atoms with Gasteiger partial charge in [0.05, 0.1) is 12.1 Å². The lowest BCUT2D eigenvalue weighted by molar-refractivity contribution is -0.142. The van der Waals surface area contributed by atoms with Crippen LogP contribution >= 0.6 is 0 Å². The molecule has 1 aliphatic carbocycles. The Balaban J connectivity index is 1.43. The van der Waals surface area contributed by atoms with E-state index in [1.165, 1.54) is 19.3 Å². The number of rotatable bonds is 2. The standard InChI is InChI=1S/C22H30N2O3/c25-20-16-27-22(17-24(20)19-10-5-2-6-11-19)12-7-14-23(15-13-22)21(26)18-8-3-1-4-9-18/h2,5-6,10-11,18H,1,3-4,7-9,12-17H2. The number of amides is 2. The van der Waals surface area contributed by atoms with Gasteiger partial charge in [-0.3, -0.25) is 9.59 Å². The Hall–Kier alpha value is -1.88. The topological polar surface area (TPSA) is 49.9 Å². The number of hydrogen-bond donors (Lipinski definition) is 0. The monoisotopic (exact) mass is 370 g/mol. The highest BCUT2D eigenvalue weighted by atomic mass is 16.5. The maximum absolute atomic E-state index is 12.9. The SMILES string of the molecule is O=C(C1CCCCC1)N1CCCC2(CC1)CN(c1ccccc1)C(=O)CO2. The molecule has 1 spiro atoms. The van der Waals surface area contributed by atoms with E-state index in [1.807, 2.05) is 35.2 Å². The summed E-state index contributed by atoms with van der Waals surface area (Å²) in [5.41, 5.74) is 0.607. The molecule has 1 unspecified atom stereocenters. The molecular weight excluding hydrogens is 340 g/mol. The van der Waals surface area contributed by atoms with E-state index in [4.69, 9.17) is 4.74 Å². The van der Waals surface area contributed by atoms with Crippen LogP contribution in [0.4, 0.5) is 5.69 Å². The fourth-order valence-electron chi connectivity index (χ4n) is 4.86. The molecule has 1 aromatic rings. The van der Waals surface area contributed by atoms with Crippen molar-refractivity contribution in [3.8, 4) is 0 Å². The number of carbonyl (C=O) groups excluding carboxylic acids is 2. The van der Waals surface area contributed by atoms with Crippen molar-refractivity contribution in [1.82, 2.24) is 4.90 Å². The Kier molecular flexibility index (Phi) is 5.48. The Morgan fingerprint density at radius 1 is 1.00 bits per heavy atom. The van der Waals surface area contributed by atoms with Crippen LogP contribution in [0.5, 0.6) is 0 Å². The molecule has 5 heteroatoms. The van der Waals surface area contributed by atoms with E-state index in [1.54, 1.807) is 0 Å². The molecular formula is C22H30N2O3. The van der Waals surface area contributed by atoms with Gasteiger partial charge >= 0.3 is 0 Å². The highest BCUT2D eigenvalue weighted by molar-refractivity contribution is 5.95. The normalized spacial score (nSPS) is 27.6. The van der Waals surface area contributed by atoms with E-state index in [0.717, 1.165) is 50.9 Å². The number of nitrogens with zero attached hydrogens (tertiary/aromatic N) is 2. The van der Waals surface area contributed by atoms with Gasteiger partial charge in [-0.15, -0.1) is 0 Å². The molecule has 146 valence electrons. The van der Waals surface area contributed by atoms with Crippen LogP contribution in [0, 0.1) is 5.92 Å². The Labute approximate surface area is 161 Å². The van der Waals surface area contributed by atoms with E-state index in [0.29, 0.717) is 12.5 Å². The number of morpholine rings is 1. The maximum atomic E-state index is 12.9. The van der Waals surface area contributed by atoms with Crippen molar-refractivity contribution in [3.05, 3.63) is 30.3 Å². The average molecular weight is 370 g/mol. The third-order valence-corrected chi connectivity index (χ3v) is 6.48. The molecule has 27 heavy (non-hydrogen) atoms. The van der Waals surface area contributed by atoms with E-state index in [2.05, 4.69) is 4.90 Å². The lowest BCUT2D eigenvalue weighted by atomic mass is 9.88. The molecule has 0 aromatic heterocycles. The summed E-state index contributed by atoms with van der Waals surface area (Å²) in [5.74, 6) is 0.590. The number of benzene rings is 1. The summed E-state index contributed by atoms with van der Waals surface area (Å²) in [5, 5.41) is 0. The summed E-state index contributed by atoms with van der Waals surface area (Å²) in [6.07, 6.45) is 8.39. The average Bonchev–Trinajstić information content (AvgIpc) is 2.93. The smallest absolute Gasteiger partial charge is 0.253 e. The predicted molar refractivity (Wildman–Crippen MR) is 104 cm³/mol. The Morgan fingerprint density at radius 3 is 2.56 bits per heavy atom. The van der Waals surface area contributed by atoms with Crippen LogP contribution in [0.2, 0.25) is 0 Å². The number of likely N-dealkylation sites (tertiary alicyclic amines) is 1. The number of ether oxygens (including phenoxy) is 1. The molecule has 2 amide bonds. The maximum Gasteiger partial charge on any atom is 0.253 e. The molecule has 2 saturated heterocycles. The van der Waals surface area contributed by atoms with Gasteiger partial charge in [0.25, 0.3) is 5.91 Å². The minimum Gasteiger partial charge on any atom is -0.363 e. The molecule has 1 saturated carbocycles. The summed E-state index contributed by atoms with van der Waals surface area (Å²) in [6.45, 7) is 2.28. The van der Waals surface area contributed by atoms with Crippen molar-refractivity contribution in [2.75, 3.05) is 31.1 Å². The molecule has 3 fully saturated rings.